The highest BCUT2D eigenvalue weighted by atomic mass is 15.1. The van der Waals surface area contributed by atoms with E-state index >= 15 is 0 Å². The van der Waals surface area contributed by atoms with Crippen molar-refractivity contribution < 1.29 is 0 Å². The predicted octanol–water partition coefficient (Wildman–Crippen LogP) is 9.37. The van der Waals surface area contributed by atoms with Crippen LogP contribution in [0.25, 0.3) is 12.2 Å². The number of anilines is 3. The first-order chi connectivity index (χ1) is 16.5. The first-order valence-corrected chi connectivity index (χ1v) is 12.0. The van der Waals surface area contributed by atoms with E-state index in [-0.39, 0.29) is 0 Å². The second-order valence-corrected chi connectivity index (χ2v) is 8.83. The van der Waals surface area contributed by atoms with Crippen molar-refractivity contribution in [2.45, 2.75) is 34.1 Å². The second-order valence-electron chi connectivity index (χ2n) is 8.83. The number of hydrogen-bond donors (Lipinski definition) is 0. The van der Waals surface area contributed by atoms with Crippen molar-refractivity contribution in [2.24, 2.45) is 0 Å². The van der Waals surface area contributed by atoms with Crippen LogP contribution in [0.2, 0.25) is 0 Å². The fourth-order valence-electron chi connectivity index (χ4n) is 4.17. The van der Waals surface area contributed by atoms with E-state index in [1.807, 2.05) is 0 Å². The highest BCUT2D eigenvalue weighted by molar-refractivity contribution is 5.81. The van der Waals surface area contributed by atoms with E-state index in [4.69, 9.17) is 0 Å². The van der Waals surface area contributed by atoms with Crippen molar-refractivity contribution in [3.8, 4) is 0 Å². The summed E-state index contributed by atoms with van der Waals surface area (Å²) in [5, 5.41) is 0. The van der Waals surface area contributed by atoms with Gasteiger partial charge in [0.1, 0.15) is 0 Å². The quantitative estimate of drug-likeness (QED) is 0.257. The molecule has 0 aliphatic rings. The van der Waals surface area contributed by atoms with Crippen LogP contribution < -0.4 is 4.90 Å². The number of nitrogens with zero attached hydrogens (tertiary/aromatic N) is 1. The zero-order valence-electron chi connectivity index (χ0n) is 20.6. The van der Waals surface area contributed by atoms with Gasteiger partial charge in [-0.2, -0.15) is 0 Å². The first-order valence-electron chi connectivity index (χ1n) is 12.0. The monoisotopic (exact) mass is 443 g/mol. The minimum absolute atomic E-state index is 0.994. The maximum atomic E-state index is 2.39. The van der Waals surface area contributed by atoms with Crippen molar-refractivity contribution in [2.75, 3.05) is 4.90 Å². The Morgan fingerprint density at radius 1 is 0.588 bits per heavy atom. The van der Waals surface area contributed by atoms with Crippen LogP contribution in [-0.2, 0) is 6.42 Å². The smallest absolute Gasteiger partial charge is 0.0522 e. The van der Waals surface area contributed by atoms with E-state index in [9.17, 15) is 0 Å². The fourth-order valence-corrected chi connectivity index (χ4v) is 4.17. The Morgan fingerprint density at radius 3 is 1.59 bits per heavy atom. The van der Waals surface area contributed by atoms with E-state index in [1.165, 1.54) is 50.4 Å². The Labute approximate surface area is 204 Å². The Morgan fingerprint density at radius 2 is 1.06 bits per heavy atom. The lowest BCUT2D eigenvalue weighted by Crippen LogP contribution is -2.13. The summed E-state index contributed by atoms with van der Waals surface area (Å²) in [5.74, 6) is 0. The minimum Gasteiger partial charge on any atom is -0.310 e. The summed E-state index contributed by atoms with van der Waals surface area (Å²) in [6.07, 6.45) is 9.47. The highest BCUT2D eigenvalue weighted by Gasteiger charge is 2.17. The molecule has 0 aliphatic heterocycles. The molecule has 34 heavy (non-hydrogen) atoms. The molecule has 1 heteroatoms. The molecule has 170 valence electrons. The Bertz CT molecular complexity index is 1270. The Kier molecular flexibility index (Phi) is 7.44. The molecule has 0 saturated heterocycles. The van der Waals surface area contributed by atoms with Crippen LogP contribution in [-0.4, -0.2) is 0 Å². The summed E-state index contributed by atoms with van der Waals surface area (Å²) in [5.41, 5.74) is 11.2. The predicted molar refractivity (Wildman–Crippen MR) is 149 cm³/mol. The molecule has 4 aromatic rings. The lowest BCUT2D eigenvalue weighted by Gasteiger charge is -2.29. The van der Waals surface area contributed by atoms with E-state index in [0.717, 1.165) is 6.42 Å². The third-order valence-corrected chi connectivity index (χ3v) is 6.14. The van der Waals surface area contributed by atoms with Crippen molar-refractivity contribution in [3.63, 3.8) is 0 Å². The normalized spacial score (nSPS) is 11.4. The molecule has 0 aromatic heterocycles. The molecule has 0 aliphatic carbocycles. The summed E-state index contributed by atoms with van der Waals surface area (Å²) in [7, 11) is 0. The van der Waals surface area contributed by atoms with Gasteiger partial charge in [0.15, 0.2) is 0 Å². The van der Waals surface area contributed by atoms with Gasteiger partial charge in [0.2, 0.25) is 0 Å². The van der Waals surface area contributed by atoms with Crippen LogP contribution in [0.3, 0.4) is 0 Å². The molecule has 0 N–H and O–H groups in total. The topological polar surface area (TPSA) is 3.24 Å². The van der Waals surface area contributed by atoms with Crippen LogP contribution in [0, 0.1) is 20.8 Å². The van der Waals surface area contributed by atoms with Gasteiger partial charge < -0.3 is 4.90 Å². The second kappa shape index (κ2) is 10.9. The molecule has 1 nitrogen and oxygen atoms in total. The van der Waals surface area contributed by atoms with Gasteiger partial charge in [-0.15, -0.1) is 0 Å². The highest BCUT2D eigenvalue weighted by Crippen LogP contribution is 2.39. The molecule has 0 amide bonds. The lowest BCUT2D eigenvalue weighted by atomic mass is 10.0. The van der Waals surface area contributed by atoms with Crippen molar-refractivity contribution in [3.05, 3.63) is 137 Å². The number of allylic oxidation sites excluding steroid dienone is 2. The van der Waals surface area contributed by atoms with Crippen LogP contribution in [0.5, 0.6) is 0 Å². The first kappa shape index (κ1) is 23.3. The van der Waals surface area contributed by atoms with Gasteiger partial charge in [-0.1, -0.05) is 109 Å². The van der Waals surface area contributed by atoms with Crippen LogP contribution in [0.1, 0.15) is 40.3 Å². The van der Waals surface area contributed by atoms with Gasteiger partial charge in [-0.05, 0) is 73.7 Å². The molecule has 0 radical (unpaired) electrons. The van der Waals surface area contributed by atoms with Gasteiger partial charge in [0, 0.05) is 11.4 Å². The summed E-state index contributed by atoms with van der Waals surface area (Å²) >= 11 is 0. The summed E-state index contributed by atoms with van der Waals surface area (Å²) in [4.78, 5) is 2.39. The molecule has 0 saturated carbocycles. The van der Waals surface area contributed by atoms with Crippen LogP contribution in [0.4, 0.5) is 17.1 Å². The molecule has 0 heterocycles. The zero-order valence-corrected chi connectivity index (χ0v) is 20.6. The standard InChI is InChI=1S/C33H33N/c1-5-30-12-8-9-27(4)33(30)34(31-21-15-26(3)16-22-31)32-23-19-29(20-24-32)11-7-6-10-28-17-13-25(2)14-18-28/h6-24H,5H2,1-4H3/b10-6+,11-7+. The number of hydrogen-bond acceptors (Lipinski definition) is 1. The number of rotatable bonds is 7. The van der Waals surface area contributed by atoms with Gasteiger partial charge in [-0.25, -0.2) is 0 Å². The molecule has 0 atom stereocenters. The summed E-state index contributed by atoms with van der Waals surface area (Å²) in [6.45, 7) is 8.67. The maximum Gasteiger partial charge on any atom is 0.0522 e. The molecule has 0 fully saturated rings. The average molecular weight is 444 g/mol. The van der Waals surface area contributed by atoms with Crippen molar-refractivity contribution in [1.29, 1.82) is 0 Å². The van der Waals surface area contributed by atoms with E-state index in [2.05, 4.69) is 148 Å². The molecule has 4 rings (SSSR count). The van der Waals surface area contributed by atoms with E-state index in [1.54, 1.807) is 0 Å². The minimum atomic E-state index is 0.994. The maximum absolute atomic E-state index is 2.39. The van der Waals surface area contributed by atoms with Crippen LogP contribution in [0.15, 0.2) is 103 Å². The fraction of sp³-hybridized carbons (Fsp3) is 0.152. The SMILES string of the molecule is CCc1cccc(C)c1N(c1ccc(C)cc1)c1ccc(/C=C/C=C/c2ccc(C)cc2)cc1. The van der Waals surface area contributed by atoms with Crippen LogP contribution >= 0.6 is 0 Å². The number of aryl methyl sites for hydroxylation is 4. The van der Waals surface area contributed by atoms with Gasteiger partial charge in [0.05, 0.1) is 5.69 Å². The summed E-state index contributed by atoms with van der Waals surface area (Å²) in [6, 6.07) is 32.8. The zero-order chi connectivity index (χ0) is 23.9. The Hall–Kier alpha value is -3.84. The number of benzene rings is 4. The molecule has 0 unspecified atom stereocenters. The third kappa shape index (κ3) is 5.55. The van der Waals surface area contributed by atoms with Crippen molar-refractivity contribution in [1.82, 2.24) is 0 Å². The molecule has 0 spiro atoms. The lowest BCUT2D eigenvalue weighted by molar-refractivity contribution is 1.10. The Balaban J connectivity index is 1.63. The van der Waals surface area contributed by atoms with Gasteiger partial charge in [0.25, 0.3) is 0 Å². The number of para-hydroxylation sites is 1. The van der Waals surface area contributed by atoms with E-state index in [0.29, 0.717) is 0 Å². The molecular weight excluding hydrogens is 410 g/mol. The van der Waals surface area contributed by atoms with Gasteiger partial charge in [-0.3, -0.25) is 0 Å². The molecule has 4 aromatic carbocycles. The molecular formula is C33H33N. The van der Waals surface area contributed by atoms with Gasteiger partial charge >= 0.3 is 0 Å². The third-order valence-electron chi connectivity index (χ3n) is 6.14. The average Bonchev–Trinajstić information content (AvgIpc) is 2.86. The molecule has 0 bridgehead atoms. The van der Waals surface area contributed by atoms with E-state index < -0.39 is 0 Å². The summed E-state index contributed by atoms with van der Waals surface area (Å²) < 4.78 is 0. The van der Waals surface area contributed by atoms with Crippen molar-refractivity contribution >= 4 is 29.2 Å². The largest absolute Gasteiger partial charge is 0.310 e.